The fourth-order valence-electron chi connectivity index (χ4n) is 0.807. The van der Waals surface area contributed by atoms with E-state index in [1.165, 1.54) is 0 Å². The molecule has 0 aliphatic heterocycles. The zero-order valence-electron chi connectivity index (χ0n) is 5.95. The average Bonchev–Trinajstić information content (AvgIpc) is 2.04. The molecule has 2 N–H and O–H groups in total. The molecular formula is C8H9ClN2. The van der Waals surface area contributed by atoms with E-state index in [2.05, 4.69) is 6.07 Å². The van der Waals surface area contributed by atoms with Gasteiger partial charge in [-0.2, -0.15) is 5.26 Å². The number of nitriles is 1. The highest BCUT2D eigenvalue weighted by Gasteiger charge is 1.94. The highest BCUT2D eigenvalue weighted by Crippen LogP contribution is 2.04. The summed E-state index contributed by atoms with van der Waals surface area (Å²) in [4.78, 5) is 0. The van der Waals surface area contributed by atoms with Gasteiger partial charge < -0.3 is 5.73 Å². The van der Waals surface area contributed by atoms with Crippen molar-refractivity contribution in [2.24, 2.45) is 5.73 Å². The molecular weight excluding hydrogens is 160 g/mol. The van der Waals surface area contributed by atoms with Crippen molar-refractivity contribution in [3.63, 3.8) is 0 Å². The maximum Gasteiger partial charge on any atom is 0.0995 e. The van der Waals surface area contributed by atoms with Gasteiger partial charge in [0.05, 0.1) is 11.6 Å². The molecule has 0 spiro atoms. The van der Waals surface area contributed by atoms with Crippen molar-refractivity contribution in [2.75, 3.05) is 0 Å². The van der Waals surface area contributed by atoms with Gasteiger partial charge in [-0.25, -0.2) is 0 Å². The molecule has 0 aliphatic rings. The highest BCUT2D eigenvalue weighted by molar-refractivity contribution is 5.85. The summed E-state index contributed by atoms with van der Waals surface area (Å²) < 4.78 is 0. The second-order valence-electron chi connectivity index (χ2n) is 1.97. The molecule has 3 heteroatoms. The predicted octanol–water partition coefficient (Wildman–Crippen LogP) is 1.44. The van der Waals surface area contributed by atoms with Crippen LogP contribution in [0.3, 0.4) is 0 Å². The van der Waals surface area contributed by atoms with Crippen LogP contribution in [0.25, 0.3) is 0 Å². The van der Waals surface area contributed by atoms with Crippen LogP contribution in [0.5, 0.6) is 0 Å². The monoisotopic (exact) mass is 168 g/mol. The minimum absolute atomic E-state index is 0. The lowest BCUT2D eigenvalue weighted by Gasteiger charge is -1.96. The summed E-state index contributed by atoms with van der Waals surface area (Å²) in [6, 6.07) is 9.40. The van der Waals surface area contributed by atoms with Crippen molar-refractivity contribution in [1.29, 1.82) is 5.26 Å². The first-order valence-electron chi connectivity index (χ1n) is 3.06. The van der Waals surface area contributed by atoms with Gasteiger partial charge >= 0.3 is 0 Å². The molecule has 0 unspecified atom stereocenters. The van der Waals surface area contributed by atoms with Crippen LogP contribution in [0.15, 0.2) is 24.3 Å². The van der Waals surface area contributed by atoms with Gasteiger partial charge in [0.2, 0.25) is 0 Å². The maximum atomic E-state index is 8.54. The Labute approximate surface area is 72.0 Å². The lowest BCUT2D eigenvalue weighted by Crippen LogP contribution is -1.98. The van der Waals surface area contributed by atoms with E-state index in [4.69, 9.17) is 11.0 Å². The van der Waals surface area contributed by atoms with Crippen molar-refractivity contribution in [2.45, 2.75) is 6.54 Å². The lowest BCUT2D eigenvalue weighted by atomic mass is 10.1. The van der Waals surface area contributed by atoms with Crippen LogP contribution in [0.1, 0.15) is 11.1 Å². The van der Waals surface area contributed by atoms with Crippen LogP contribution in [0, 0.1) is 11.3 Å². The largest absolute Gasteiger partial charge is 0.326 e. The first-order valence-corrected chi connectivity index (χ1v) is 3.06. The van der Waals surface area contributed by atoms with Gasteiger partial charge in [0.25, 0.3) is 0 Å². The third-order valence-electron chi connectivity index (χ3n) is 1.36. The number of rotatable bonds is 1. The zero-order chi connectivity index (χ0) is 7.40. The van der Waals surface area contributed by atoms with Crippen LogP contribution in [-0.4, -0.2) is 0 Å². The Bertz CT molecular complexity index is 265. The van der Waals surface area contributed by atoms with E-state index in [1.807, 2.05) is 18.2 Å². The van der Waals surface area contributed by atoms with Crippen molar-refractivity contribution in [3.05, 3.63) is 35.4 Å². The Kier molecular flexibility index (Phi) is 4.28. The molecule has 1 rings (SSSR count). The fourth-order valence-corrected chi connectivity index (χ4v) is 0.807. The SMILES string of the molecule is Cl.N#Cc1ccccc1CN. The first-order chi connectivity index (χ1) is 4.88. The topological polar surface area (TPSA) is 49.8 Å². The third kappa shape index (κ3) is 2.23. The van der Waals surface area contributed by atoms with E-state index in [-0.39, 0.29) is 12.4 Å². The van der Waals surface area contributed by atoms with E-state index in [1.54, 1.807) is 6.07 Å². The van der Waals surface area contributed by atoms with Crippen molar-refractivity contribution < 1.29 is 0 Å². The normalized spacial score (nSPS) is 8.00. The van der Waals surface area contributed by atoms with Gasteiger partial charge in [-0.1, -0.05) is 18.2 Å². The summed E-state index contributed by atoms with van der Waals surface area (Å²) in [5.41, 5.74) is 6.95. The van der Waals surface area contributed by atoms with Crippen LogP contribution in [-0.2, 0) is 6.54 Å². The lowest BCUT2D eigenvalue weighted by molar-refractivity contribution is 1.06. The molecule has 0 amide bonds. The Hall–Kier alpha value is -1.04. The summed E-state index contributed by atoms with van der Waals surface area (Å²) in [5, 5.41) is 8.54. The first kappa shape index (κ1) is 9.96. The minimum Gasteiger partial charge on any atom is -0.326 e. The molecule has 0 fully saturated rings. The second kappa shape index (κ2) is 4.73. The van der Waals surface area contributed by atoms with E-state index >= 15 is 0 Å². The Morgan fingerprint density at radius 1 is 1.36 bits per heavy atom. The number of benzene rings is 1. The molecule has 0 atom stereocenters. The molecule has 1 aromatic carbocycles. The van der Waals surface area contributed by atoms with Crippen LogP contribution in [0.2, 0.25) is 0 Å². The molecule has 0 radical (unpaired) electrons. The predicted molar refractivity (Wildman–Crippen MR) is 46.3 cm³/mol. The summed E-state index contributed by atoms with van der Waals surface area (Å²) in [5.74, 6) is 0. The van der Waals surface area contributed by atoms with E-state index < -0.39 is 0 Å². The molecule has 0 saturated heterocycles. The Balaban J connectivity index is 0.000001000. The average molecular weight is 169 g/mol. The number of nitrogens with zero attached hydrogens (tertiary/aromatic N) is 1. The minimum atomic E-state index is 0. The molecule has 0 heterocycles. The summed E-state index contributed by atoms with van der Waals surface area (Å²) >= 11 is 0. The van der Waals surface area contributed by atoms with Gasteiger partial charge in [-0.05, 0) is 11.6 Å². The van der Waals surface area contributed by atoms with Crippen molar-refractivity contribution in [3.8, 4) is 6.07 Å². The second-order valence-corrected chi connectivity index (χ2v) is 1.97. The van der Waals surface area contributed by atoms with Crippen LogP contribution < -0.4 is 5.73 Å². The van der Waals surface area contributed by atoms with Crippen molar-refractivity contribution in [1.82, 2.24) is 0 Å². The number of hydrogen-bond acceptors (Lipinski definition) is 2. The smallest absolute Gasteiger partial charge is 0.0995 e. The van der Waals surface area contributed by atoms with E-state index in [0.29, 0.717) is 12.1 Å². The van der Waals surface area contributed by atoms with Crippen molar-refractivity contribution >= 4 is 12.4 Å². The quantitative estimate of drug-likeness (QED) is 0.690. The summed E-state index contributed by atoms with van der Waals surface area (Å²) in [7, 11) is 0. The molecule has 2 nitrogen and oxygen atoms in total. The van der Waals surface area contributed by atoms with Gasteiger partial charge in [-0.3, -0.25) is 0 Å². The standard InChI is InChI=1S/C8H8N2.ClH/c9-5-7-3-1-2-4-8(7)6-10;/h1-4H,5,9H2;1H. The molecule has 11 heavy (non-hydrogen) atoms. The van der Waals surface area contributed by atoms with Gasteiger partial charge in [0.1, 0.15) is 0 Å². The maximum absolute atomic E-state index is 8.54. The van der Waals surface area contributed by atoms with Gasteiger partial charge in [0, 0.05) is 6.54 Å². The third-order valence-corrected chi connectivity index (χ3v) is 1.36. The number of nitrogens with two attached hydrogens (primary N) is 1. The van der Waals surface area contributed by atoms with Gasteiger partial charge in [-0.15, -0.1) is 12.4 Å². The molecule has 1 aromatic rings. The Morgan fingerprint density at radius 3 is 2.45 bits per heavy atom. The summed E-state index contributed by atoms with van der Waals surface area (Å²) in [6.45, 7) is 0.434. The fraction of sp³-hybridized carbons (Fsp3) is 0.125. The Morgan fingerprint density at radius 2 is 2.00 bits per heavy atom. The zero-order valence-corrected chi connectivity index (χ0v) is 6.77. The number of halogens is 1. The van der Waals surface area contributed by atoms with Crippen LogP contribution in [0.4, 0.5) is 0 Å². The molecule has 0 aliphatic carbocycles. The number of hydrogen-bond donors (Lipinski definition) is 1. The van der Waals surface area contributed by atoms with E-state index in [9.17, 15) is 0 Å². The molecule has 58 valence electrons. The van der Waals surface area contributed by atoms with E-state index in [0.717, 1.165) is 5.56 Å². The highest BCUT2D eigenvalue weighted by atomic mass is 35.5. The van der Waals surface area contributed by atoms with Crippen LogP contribution >= 0.6 is 12.4 Å². The molecule has 0 aromatic heterocycles. The molecule has 0 saturated carbocycles. The van der Waals surface area contributed by atoms with Gasteiger partial charge in [0.15, 0.2) is 0 Å². The summed E-state index contributed by atoms with van der Waals surface area (Å²) in [6.07, 6.45) is 0. The molecule has 0 bridgehead atoms.